The van der Waals surface area contributed by atoms with Gasteiger partial charge in [-0.25, -0.2) is 0 Å². The second kappa shape index (κ2) is 29.7. The molecule has 0 aliphatic carbocycles. The van der Waals surface area contributed by atoms with Gasteiger partial charge < -0.3 is 4.74 Å². The van der Waals surface area contributed by atoms with Crippen LogP contribution in [0.5, 0.6) is 0 Å². The highest BCUT2D eigenvalue weighted by Crippen LogP contribution is 2.23. The van der Waals surface area contributed by atoms with E-state index < -0.39 is 0 Å². The Hall–Kier alpha value is -0.790. The molecule has 0 amide bonds. The lowest BCUT2D eigenvalue weighted by Gasteiger charge is -2.16. The third kappa shape index (κ3) is 30.2. The fourth-order valence-electron chi connectivity index (χ4n) is 5.72. The minimum absolute atomic E-state index is 0.0146. The Bertz CT molecular complexity index is 552. The molecule has 0 saturated heterocycles. The van der Waals surface area contributed by atoms with E-state index in [9.17, 15) is 4.79 Å². The lowest BCUT2D eigenvalue weighted by molar-refractivity contribution is -0.144. The van der Waals surface area contributed by atoms with Gasteiger partial charge in [-0.1, -0.05) is 163 Å². The Kier molecular flexibility index (Phi) is 29.1. The van der Waals surface area contributed by atoms with Gasteiger partial charge >= 0.3 is 5.97 Å². The Morgan fingerprint density at radius 1 is 0.525 bits per heavy atom. The molecule has 0 aliphatic rings. The van der Waals surface area contributed by atoms with Crippen molar-refractivity contribution >= 4 is 5.97 Å². The number of esters is 1. The predicted molar refractivity (Wildman–Crippen MR) is 179 cm³/mol. The second-order valence-corrected chi connectivity index (χ2v) is 13.8. The van der Waals surface area contributed by atoms with E-state index in [1.54, 1.807) is 0 Å². The van der Waals surface area contributed by atoms with E-state index in [1.807, 2.05) is 0 Å². The normalized spacial score (nSPS) is 14.2. The summed E-state index contributed by atoms with van der Waals surface area (Å²) in [7, 11) is 0. The number of unbranched alkanes of at least 4 members (excludes halogenated alkanes) is 11. The molecule has 238 valence electrons. The van der Waals surface area contributed by atoms with Crippen LogP contribution in [0.1, 0.15) is 196 Å². The summed E-state index contributed by atoms with van der Waals surface area (Å²) in [5.41, 5.74) is 0. The molecule has 0 heterocycles. The van der Waals surface area contributed by atoms with Gasteiger partial charge in [-0.3, -0.25) is 4.79 Å². The highest BCUT2D eigenvalue weighted by molar-refractivity contribution is 5.69. The van der Waals surface area contributed by atoms with E-state index in [2.05, 4.69) is 53.7 Å². The summed E-state index contributed by atoms with van der Waals surface area (Å²) >= 11 is 0. The number of carbonyl (C=O) groups excluding carboxylic acids is 1. The first kappa shape index (κ1) is 39.2. The van der Waals surface area contributed by atoms with Crippen LogP contribution in [-0.2, 0) is 9.53 Å². The van der Waals surface area contributed by atoms with Crippen LogP contribution in [-0.4, -0.2) is 12.6 Å². The molecular formula is C38H74O2. The Balaban J connectivity index is 3.48. The number of hydrogen-bond acceptors (Lipinski definition) is 2. The van der Waals surface area contributed by atoms with Gasteiger partial charge in [0.15, 0.2) is 0 Å². The molecule has 3 unspecified atom stereocenters. The highest BCUT2D eigenvalue weighted by atomic mass is 16.5. The third-order valence-corrected chi connectivity index (χ3v) is 8.78. The average Bonchev–Trinajstić information content (AvgIpc) is 2.90. The monoisotopic (exact) mass is 563 g/mol. The summed E-state index contributed by atoms with van der Waals surface area (Å²) in [5, 5.41) is 0. The van der Waals surface area contributed by atoms with Crippen molar-refractivity contribution in [2.45, 2.75) is 196 Å². The molecule has 0 aliphatic heterocycles. The van der Waals surface area contributed by atoms with Crippen molar-refractivity contribution in [1.29, 1.82) is 0 Å². The smallest absolute Gasteiger partial charge is 0.305 e. The molecule has 0 fully saturated rings. The maximum atomic E-state index is 12.1. The number of rotatable bonds is 30. The Morgan fingerprint density at radius 3 is 1.45 bits per heavy atom. The number of allylic oxidation sites excluding steroid dienone is 2. The molecule has 0 rings (SSSR count). The van der Waals surface area contributed by atoms with Crippen LogP contribution >= 0.6 is 0 Å². The zero-order valence-electron chi connectivity index (χ0n) is 28.5. The number of hydrogen-bond donors (Lipinski definition) is 0. The molecule has 0 bridgehead atoms. The van der Waals surface area contributed by atoms with E-state index >= 15 is 0 Å². The molecule has 0 saturated carbocycles. The maximum Gasteiger partial charge on any atom is 0.305 e. The van der Waals surface area contributed by atoms with Gasteiger partial charge in [0.25, 0.3) is 0 Å². The van der Waals surface area contributed by atoms with Crippen LogP contribution in [0.4, 0.5) is 0 Å². The van der Waals surface area contributed by atoms with Gasteiger partial charge in [0, 0.05) is 6.42 Å². The first-order chi connectivity index (χ1) is 19.3. The summed E-state index contributed by atoms with van der Waals surface area (Å²) < 4.78 is 5.53. The highest BCUT2D eigenvalue weighted by Gasteiger charge is 2.09. The van der Waals surface area contributed by atoms with E-state index in [0.29, 0.717) is 18.9 Å². The number of ether oxygens (including phenoxy) is 1. The third-order valence-electron chi connectivity index (χ3n) is 8.78. The van der Waals surface area contributed by atoms with E-state index in [1.165, 1.54) is 135 Å². The molecule has 0 aromatic carbocycles. The van der Waals surface area contributed by atoms with Gasteiger partial charge in [-0.05, 0) is 62.2 Å². The van der Waals surface area contributed by atoms with Crippen molar-refractivity contribution in [3.63, 3.8) is 0 Å². The van der Waals surface area contributed by atoms with Crippen LogP contribution in [0.3, 0.4) is 0 Å². The molecule has 0 aromatic rings. The molecule has 0 radical (unpaired) electrons. The minimum Gasteiger partial charge on any atom is -0.466 e. The van der Waals surface area contributed by atoms with Crippen molar-refractivity contribution in [3.05, 3.63) is 12.2 Å². The quantitative estimate of drug-likeness (QED) is 0.0494. The molecule has 2 nitrogen and oxygen atoms in total. The van der Waals surface area contributed by atoms with Gasteiger partial charge in [0.1, 0.15) is 0 Å². The van der Waals surface area contributed by atoms with E-state index in [4.69, 9.17) is 4.74 Å². The largest absolute Gasteiger partial charge is 0.466 e. The fourth-order valence-corrected chi connectivity index (χ4v) is 5.72. The standard InChI is InChI=1S/C38H74O2/c1-7-8-9-10-11-12-13-14-15-16-17-18-19-20-21-31-38(39)40-33-32-37(6)30-24-29-36(5)28-23-27-35(4)26-22-25-34(2)3/h12-13,34-37H,7-11,14-33H2,1-6H3. The number of carbonyl (C=O) groups is 1. The summed E-state index contributed by atoms with van der Waals surface area (Å²) in [6.07, 6.45) is 35.4. The van der Waals surface area contributed by atoms with Crippen LogP contribution in [0.15, 0.2) is 12.2 Å². The van der Waals surface area contributed by atoms with E-state index in [-0.39, 0.29) is 5.97 Å². The predicted octanol–water partition coefficient (Wildman–Crippen LogP) is 13.0. The second-order valence-electron chi connectivity index (χ2n) is 13.8. The van der Waals surface area contributed by atoms with Crippen LogP contribution in [0.25, 0.3) is 0 Å². The van der Waals surface area contributed by atoms with Crippen LogP contribution in [0, 0.1) is 23.7 Å². The van der Waals surface area contributed by atoms with Crippen LogP contribution in [0.2, 0.25) is 0 Å². The molecule has 0 aromatic heterocycles. The van der Waals surface area contributed by atoms with Gasteiger partial charge in [0.2, 0.25) is 0 Å². The lowest BCUT2D eigenvalue weighted by Crippen LogP contribution is -2.09. The summed E-state index contributed by atoms with van der Waals surface area (Å²) in [5.74, 6) is 3.26. The Labute approximate surface area is 253 Å². The van der Waals surface area contributed by atoms with Crippen molar-refractivity contribution in [2.75, 3.05) is 6.61 Å². The Morgan fingerprint density at radius 2 is 0.950 bits per heavy atom. The zero-order chi connectivity index (χ0) is 29.7. The molecule has 3 atom stereocenters. The minimum atomic E-state index is 0.0146. The molecule has 0 spiro atoms. The molecule has 40 heavy (non-hydrogen) atoms. The first-order valence-corrected chi connectivity index (χ1v) is 18.2. The summed E-state index contributed by atoms with van der Waals surface area (Å²) in [4.78, 5) is 12.1. The van der Waals surface area contributed by atoms with Crippen molar-refractivity contribution < 1.29 is 9.53 Å². The molecule has 0 N–H and O–H groups in total. The van der Waals surface area contributed by atoms with Crippen molar-refractivity contribution in [3.8, 4) is 0 Å². The topological polar surface area (TPSA) is 26.3 Å². The average molecular weight is 563 g/mol. The van der Waals surface area contributed by atoms with Gasteiger partial charge in [-0.15, -0.1) is 0 Å². The summed E-state index contributed by atoms with van der Waals surface area (Å²) in [6.45, 7) is 14.7. The molecular weight excluding hydrogens is 488 g/mol. The summed E-state index contributed by atoms with van der Waals surface area (Å²) in [6, 6.07) is 0. The fraction of sp³-hybridized carbons (Fsp3) is 0.921. The van der Waals surface area contributed by atoms with Crippen molar-refractivity contribution in [2.24, 2.45) is 23.7 Å². The SMILES string of the molecule is CCCCCCC=CCCCCCCCCCC(=O)OCCC(C)CCCC(C)CCCC(C)CCCC(C)C. The van der Waals surface area contributed by atoms with Gasteiger partial charge in [-0.2, -0.15) is 0 Å². The first-order valence-electron chi connectivity index (χ1n) is 18.2. The van der Waals surface area contributed by atoms with Gasteiger partial charge in [0.05, 0.1) is 6.61 Å². The van der Waals surface area contributed by atoms with E-state index in [0.717, 1.165) is 30.6 Å². The zero-order valence-corrected chi connectivity index (χ0v) is 28.5. The molecule has 2 heteroatoms. The van der Waals surface area contributed by atoms with Crippen molar-refractivity contribution in [1.82, 2.24) is 0 Å². The van der Waals surface area contributed by atoms with Crippen LogP contribution < -0.4 is 0 Å². The maximum absolute atomic E-state index is 12.1. The lowest BCUT2D eigenvalue weighted by atomic mass is 9.91.